The van der Waals surface area contributed by atoms with E-state index in [2.05, 4.69) is 10.6 Å². The molecule has 0 fully saturated rings. The average molecular weight is 272 g/mol. The second-order valence-electron chi connectivity index (χ2n) is 3.65. The Kier molecular flexibility index (Phi) is 5.54. The fourth-order valence-electron chi connectivity index (χ4n) is 1.43. The molecule has 6 nitrogen and oxygen atoms in total. The fourth-order valence-corrected chi connectivity index (χ4v) is 1.67. The van der Waals surface area contributed by atoms with Crippen LogP contribution in [-0.2, 0) is 11.3 Å². The molecule has 0 unspecified atom stereocenters. The normalized spacial score (nSPS) is 10.1. The van der Waals surface area contributed by atoms with Gasteiger partial charge in [0.15, 0.2) is 0 Å². The van der Waals surface area contributed by atoms with Crippen molar-refractivity contribution in [3.05, 3.63) is 38.9 Å². The van der Waals surface area contributed by atoms with E-state index in [1.54, 1.807) is 12.1 Å². The lowest BCUT2D eigenvalue weighted by molar-refractivity contribution is -0.385. The summed E-state index contributed by atoms with van der Waals surface area (Å²) in [6.07, 6.45) is 0. The Bertz CT molecular complexity index is 451. The Hall–Kier alpha value is -1.66. The van der Waals surface area contributed by atoms with E-state index in [0.717, 1.165) is 0 Å². The highest BCUT2D eigenvalue weighted by Gasteiger charge is 2.15. The van der Waals surface area contributed by atoms with Gasteiger partial charge < -0.3 is 10.6 Å². The number of amides is 1. The van der Waals surface area contributed by atoms with Gasteiger partial charge in [0.2, 0.25) is 5.91 Å². The minimum Gasteiger partial charge on any atom is -0.355 e. The second-order valence-corrected chi connectivity index (χ2v) is 4.06. The number of carbonyl (C=O) groups is 1. The first kappa shape index (κ1) is 14.4. The van der Waals surface area contributed by atoms with Crippen molar-refractivity contribution in [2.75, 3.05) is 13.1 Å². The van der Waals surface area contributed by atoms with Gasteiger partial charge in [0.05, 0.1) is 15.5 Å². The number of hydrogen-bond donors (Lipinski definition) is 2. The smallest absolute Gasteiger partial charge is 0.275 e. The number of halogens is 1. The van der Waals surface area contributed by atoms with Crippen molar-refractivity contribution in [1.29, 1.82) is 0 Å². The maximum absolute atomic E-state index is 10.8. The van der Waals surface area contributed by atoms with E-state index in [9.17, 15) is 14.9 Å². The minimum atomic E-state index is -0.462. The van der Waals surface area contributed by atoms with Crippen LogP contribution in [0, 0.1) is 10.1 Å². The molecular formula is C11H14ClN3O3. The van der Waals surface area contributed by atoms with E-state index in [1.807, 2.05) is 0 Å². The van der Waals surface area contributed by atoms with E-state index in [0.29, 0.717) is 23.7 Å². The Balaban J connectivity index is 2.56. The van der Waals surface area contributed by atoms with Gasteiger partial charge in [0.1, 0.15) is 0 Å². The van der Waals surface area contributed by atoms with Crippen molar-refractivity contribution >= 4 is 23.2 Å². The molecule has 0 saturated heterocycles. The lowest BCUT2D eigenvalue weighted by atomic mass is 10.2. The summed E-state index contributed by atoms with van der Waals surface area (Å²) in [5.41, 5.74) is 0.446. The Labute approximate surface area is 109 Å². The maximum Gasteiger partial charge on any atom is 0.275 e. The van der Waals surface area contributed by atoms with E-state index in [1.165, 1.54) is 13.0 Å². The predicted molar refractivity (Wildman–Crippen MR) is 68.5 cm³/mol. The van der Waals surface area contributed by atoms with Crippen molar-refractivity contribution in [1.82, 2.24) is 10.6 Å². The monoisotopic (exact) mass is 271 g/mol. The van der Waals surface area contributed by atoms with E-state index in [4.69, 9.17) is 11.6 Å². The number of nitrogens with zero attached hydrogens (tertiary/aromatic N) is 1. The molecule has 7 heteroatoms. The SMILES string of the molecule is CC(=O)NCCNCc1c(Cl)cccc1[N+](=O)[O-]. The molecule has 1 aromatic rings. The highest BCUT2D eigenvalue weighted by molar-refractivity contribution is 6.31. The highest BCUT2D eigenvalue weighted by Crippen LogP contribution is 2.25. The molecule has 0 aliphatic rings. The largest absolute Gasteiger partial charge is 0.355 e. The molecule has 1 aromatic carbocycles. The lowest BCUT2D eigenvalue weighted by Gasteiger charge is -2.07. The molecule has 18 heavy (non-hydrogen) atoms. The topological polar surface area (TPSA) is 84.3 Å². The van der Waals surface area contributed by atoms with E-state index >= 15 is 0 Å². The van der Waals surface area contributed by atoms with Crippen molar-refractivity contribution < 1.29 is 9.72 Å². The lowest BCUT2D eigenvalue weighted by Crippen LogP contribution is -2.30. The molecule has 98 valence electrons. The summed E-state index contributed by atoms with van der Waals surface area (Å²) in [5.74, 6) is -0.111. The van der Waals surface area contributed by atoms with Gasteiger partial charge >= 0.3 is 0 Å². The van der Waals surface area contributed by atoms with Gasteiger partial charge in [-0.2, -0.15) is 0 Å². The molecule has 0 atom stereocenters. The number of carbonyl (C=O) groups excluding carboxylic acids is 1. The Morgan fingerprint density at radius 1 is 1.44 bits per heavy atom. The van der Waals surface area contributed by atoms with Crippen molar-refractivity contribution in [3.8, 4) is 0 Å². The zero-order chi connectivity index (χ0) is 13.5. The zero-order valence-corrected chi connectivity index (χ0v) is 10.7. The van der Waals surface area contributed by atoms with Crippen LogP contribution < -0.4 is 10.6 Å². The van der Waals surface area contributed by atoms with Crippen molar-refractivity contribution in [2.24, 2.45) is 0 Å². The van der Waals surface area contributed by atoms with Gasteiger partial charge in [-0.15, -0.1) is 0 Å². The van der Waals surface area contributed by atoms with Crippen LogP contribution in [0.4, 0.5) is 5.69 Å². The van der Waals surface area contributed by atoms with Crippen LogP contribution in [0.2, 0.25) is 5.02 Å². The van der Waals surface area contributed by atoms with Gasteiger partial charge in [-0.25, -0.2) is 0 Å². The molecule has 1 amide bonds. The number of rotatable bonds is 6. The molecule has 0 bridgehead atoms. The van der Waals surface area contributed by atoms with Crippen molar-refractivity contribution in [2.45, 2.75) is 13.5 Å². The van der Waals surface area contributed by atoms with Crippen LogP contribution >= 0.6 is 11.6 Å². The number of nitrogens with one attached hydrogen (secondary N) is 2. The molecule has 2 N–H and O–H groups in total. The molecule has 0 radical (unpaired) electrons. The number of nitro benzene ring substituents is 1. The summed E-state index contributed by atoms with van der Waals surface area (Å²) in [5, 5.41) is 16.8. The third-order valence-corrected chi connectivity index (χ3v) is 2.62. The summed E-state index contributed by atoms with van der Waals surface area (Å²) in [4.78, 5) is 21.0. The predicted octanol–water partition coefficient (Wildman–Crippen LogP) is 1.47. The molecule has 0 heterocycles. The van der Waals surface area contributed by atoms with Crippen LogP contribution in [0.3, 0.4) is 0 Å². The number of benzene rings is 1. The van der Waals surface area contributed by atoms with Crippen LogP contribution in [0.15, 0.2) is 18.2 Å². The second kappa shape index (κ2) is 6.93. The van der Waals surface area contributed by atoms with Gasteiger partial charge in [-0.3, -0.25) is 14.9 Å². The fraction of sp³-hybridized carbons (Fsp3) is 0.364. The molecule has 1 rings (SSSR count). The first-order chi connectivity index (χ1) is 8.52. The number of hydrogen-bond acceptors (Lipinski definition) is 4. The van der Waals surface area contributed by atoms with E-state index < -0.39 is 4.92 Å². The van der Waals surface area contributed by atoms with Gasteiger partial charge in [-0.05, 0) is 6.07 Å². The third-order valence-electron chi connectivity index (χ3n) is 2.27. The first-order valence-corrected chi connectivity index (χ1v) is 5.77. The summed E-state index contributed by atoms with van der Waals surface area (Å²) in [7, 11) is 0. The zero-order valence-electron chi connectivity index (χ0n) is 9.90. The molecule has 0 aliphatic carbocycles. The molecule has 0 aliphatic heterocycles. The number of nitro groups is 1. The summed E-state index contributed by atoms with van der Waals surface area (Å²) < 4.78 is 0. The molecule has 0 saturated carbocycles. The highest BCUT2D eigenvalue weighted by atomic mass is 35.5. The van der Waals surface area contributed by atoms with Crippen LogP contribution in [0.5, 0.6) is 0 Å². The van der Waals surface area contributed by atoms with Gasteiger partial charge in [0, 0.05) is 32.6 Å². The van der Waals surface area contributed by atoms with Crippen LogP contribution in [0.1, 0.15) is 12.5 Å². The first-order valence-electron chi connectivity index (χ1n) is 5.39. The summed E-state index contributed by atoms with van der Waals surface area (Å²) in [6, 6.07) is 4.57. The Morgan fingerprint density at radius 2 is 2.17 bits per heavy atom. The van der Waals surface area contributed by atoms with Crippen LogP contribution in [0.25, 0.3) is 0 Å². The maximum atomic E-state index is 10.8. The third kappa shape index (κ3) is 4.31. The molecule has 0 spiro atoms. The quantitative estimate of drug-likeness (QED) is 0.466. The molecule has 0 aromatic heterocycles. The van der Waals surface area contributed by atoms with Gasteiger partial charge in [0.25, 0.3) is 5.69 Å². The Morgan fingerprint density at radius 3 is 2.78 bits per heavy atom. The molecular weight excluding hydrogens is 258 g/mol. The van der Waals surface area contributed by atoms with Gasteiger partial charge in [-0.1, -0.05) is 17.7 Å². The van der Waals surface area contributed by atoms with Crippen LogP contribution in [-0.4, -0.2) is 23.9 Å². The average Bonchev–Trinajstić information content (AvgIpc) is 2.29. The summed E-state index contributed by atoms with van der Waals surface area (Å²) in [6.45, 7) is 2.70. The standard InChI is InChI=1S/C11H14ClN3O3/c1-8(16)14-6-5-13-7-9-10(12)3-2-4-11(9)15(17)18/h2-4,13H,5-7H2,1H3,(H,14,16). The summed E-state index contributed by atoms with van der Waals surface area (Å²) >= 11 is 5.92. The van der Waals surface area contributed by atoms with E-state index in [-0.39, 0.29) is 18.1 Å². The minimum absolute atomic E-state index is 0.00507. The van der Waals surface area contributed by atoms with Crippen molar-refractivity contribution in [3.63, 3.8) is 0 Å².